The molecule has 0 spiro atoms. The molecule has 1 aromatic rings. The van der Waals surface area contributed by atoms with E-state index >= 15 is 0 Å². The summed E-state index contributed by atoms with van der Waals surface area (Å²) in [6.07, 6.45) is 2.55. The van der Waals surface area contributed by atoms with Gasteiger partial charge >= 0.3 is 0 Å². The van der Waals surface area contributed by atoms with Gasteiger partial charge in [-0.2, -0.15) is 0 Å². The van der Waals surface area contributed by atoms with E-state index in [1.54, 1.807) is 5.56 Å². The van der Waals surface area contributed by atoms with E-state index in [-0.39, 0.29) is 0 Å². The van der Waals surface area contributed by atoms with Crippen molar-refractivity contribution in [3.05, 3.63) is 28.8 Å². The molecule has 0 atom stereocenters. The SMILES string of the molecule is Cc1cc2c(cc1C(C)C)N(C(C)C)CCC2. The lowest BCUT2D eigenvalue weighted by Crippen LogP contribution is -2.35. The third-order valence-corrected chi connectivity index (χ3v) is 3.87. The Morgan fingerprint density at radius 1 is 1.12 bits per heavy atom. The van der Waals surface area contributed by atoms with Gasteiger partial charge in [0.1, 0.15) is 0 Å². The van der Waals surface area contributed by atoms with Crippen LogP contribution in [0, 0.1) is 6.92 Å². The first kappa shape index (κ1) is 12.5. The zero-order valence-corrected chi connectivity index (χ0v) is 11.9. The predicted molar refractivity (Wildman–Crippen MR) is 76.1 cm³/mol. The highest BCUT2D eigenvalue weighted by Gasteiger charge is 2.20. The summed E-state index contributed by atoms with van der Waals surface area (Å²) in [6.45, 7) is 12.6. The van der Waals surface area contributed by atoms with Crippen LogP contribution in [0.15, 0.2) is 12.1 Å². The van der Waals surface area contributed by atoms with E-state index in [0.29, 0.717) is 12.0 Å². The van der Waals surface area contributed by atoms with Gasteiger partial charge in [0.2, 0.25) is 0 Å². The Bertz CT molecular complexity index is 404. The van der Waals surface area contributed by atoms with E-state index in [1.165, 1.54) is 36.2 Å². The van der Waals surface area contributed by atoms with Gasteiger partial charge in [-0.05, 0) is 62.3 Å². The van der Waals surface area contributed by atoms with Crippen LogP contribution in [0.2, 0.25) is 0 Å². The number of rotatable bonds is 2. The summed E-state index contributed by atoms with van der Waals surface area (Å²) in [5.74, 6) is 0.622. The van der Waals surface area contributed by atoms with Gasteiger partial charge in [-0.3, -0.25) is 0 Å². The summed E-state index contributed by atoms with van der Waals surface area (Å²) >= 11 is 0. The highest BCUT2D eigenvalue weighted by Crippen LogP contribution is 2.33. The largest absolute Gasteiger partial charge is 0.369 e. The molecule has 2 rings (SSSR count). The Morgan fingerprint density at radius 3 is 2.41 bits per heavy atom. The van der Waals surface area contributed by atoms with Crippen LogP contribution in [0.4, 0.5) is 5.69 Å². The summed E-state index contributed by atoms with van der Waals surface area (Å²) in [5, 5.41) is 0. The zero-order chi connectivity index (χ0) is 12.6. The molecular formula is C16H25N. The maximum Gasteiger partial charge on any atom is 0.0404 e. The molecule has 0 amide bonds. The van der Waals surface area contributed by atoms with E-state index in [2.05, 4.69) is 51.7 Å². The van der Waals surface area contributed by atoms with Crippen molar-refractivity contribution >= 4 is 5.69 Å². The van der Waals surface area contributed by atoms with Crippen molar-refractivity contribution in [3.63, 3.8) is 0 Å². The average molecular weight is 231 g/mol. The fourth-order valence-corrected chi connectivity index (χ4v) is 2.96. The molecular weight excluding hydrogens is 206 g/mol. The first-order chi connectivity index (χ1) is 8.00. The summed E-state index contributed by atoms with van der Waals surface area (Å²) in [7, 11) is 0. The molecule has 17 heavy (non-hydrogen) atoms. The van der Waals surface area contributed by atoms with Gasteiger partial charge in [0.05, 0.1) is 0 Å². The molecule has 0 N–H and O–H groups in total. The fourth-order valence-electron chi connectivity index (χ4n) is 2.96. The van der Waals surface area contributed by atoms with E-state index in [4.69, 9.17) is 0 Å². The molecule has 1 heterocycles. The lowest BCUT2D eigenvalue weighted by atomic mass is 9.91. The molecule has 0 aromatic heterocycles. The minimum absolute atomic E-state index is 0.608. The summed E-state index contributed by atoms with van der Waals surface area (Å²) in [4.78, 5) is 2.56. The maximum atomic E-state index is 2.56. The third kappa shape index (κ3) is 2.34. The molecule has 0 bridgehead atoms. The van der Waals surface area contributed by atoms with Crippen LogP contribution in [0.5, 0.6) is 0 Å². The highest BCUT2D eigenvalue weighted by atomic mass is 15.2. The summed E-state index contributed by atoms with van der Waals surface area (Å²) in [6, 6.07) is 5.46. The number of aryl methyl sites for hydroxylation is 2. The third-order valence-electron chi connectivity index (χ3n) is 3.87. The van der Waals surface area contributed by atoms with E-state index in [1.807, 2.05) is 0 Å². The molecule has 1 aromatic carbocycles. The minimum atomic E-state index is 0.608. The van der Waals surface area contributed by atoms with Crippen LogP contribution in [0.1, 0.15) is 56.7 Å². The molecule has 1 aliphatic heterocycles. The van der Waals surface area contributed by atoms with Crippen LogP contribution < -0.4 is 4.90 Å². The molecule has 0 radical (unpaired) electrons. The molecule has 0 fully saturated rings. The Labute approximate surface area is 106 Å². The van der Waals surface area contributed by atoms with Gasteiger partial charge in [-0.15, -0.1) is 0 Å². The van der Waals surface area contributed by atoms with Gasteiger partial charge in [-0.1, -0.05) is 19.9 Å². The second-order valence-corrected chi connectivity index (χ2v) is 5.88. The summed E-state index contributed by atoms with van der Waals surface area (Å²) in [5.41, 5.74) is 6.01. The Hall–Kier alpha value is -0.980. The number of fused-ring (bicyclic) bond motifs is 1. The van der Waals surface area contributed by atoms with Gasteiger partial charge in [-0.25, -0.2) is 0 Å². The summed E-state index contributed by atoms with van der Waals surface area (Å²) < 4.78 is 0. The molecule has 1 aliphatic rings. The number of hydrogen-bond acceptors (Lipinski definition) is 1. The Morgan fingerprint density at radius 2 is 1.82 bits per heavy atom. The number of nitrogens with zero attached hydrogens (tertiary/aromatic N) is 1. The van der Waals surface area contributed by atoms with Crippen molar-refractivity contribution < 1.29 is 0 Å². The Kier molecular flexibility index (Phi) is 3.46. The van der Waals surface area contributed by atoms with Crippen molar-refractivity contribution in [2.24, 2.45) is 0 Å². The van der Waals surface area contributed by atoms with Crippen LogP contribution in [0.25, 0.3) is 0 Å². The van der Waals surface area contributed by atoms with Crippen molar-refractivity contribution in [2.45, 2.75) is 59.4 Å². The second-order valence-electron chi connectivity index (χ2n) is 5.88. The molecule has 0 unspecified atom stereocenters. The van der Waals surface area contributed by atoms with Gasteiger partial charge in [0, 0.05) is 18.3 Å². The predicted octanol–water partition coefficient (Wildman–Crippen LogP) is 4.28. The topological polar surface area (TPSA) is 3.24 Å². The van der Waals surface area contributed by atoms with E-state index in [9.17, 15) is 0 Å². The van der Waals surface area contributed by atoms with Crippen molar-refractivity contribution in [3.8, 4) is 0 Å². The maximum absolute atomic E-state index is 2.56. The molecule has 1 nitrogen and oxygen atoms in total. The van der Waals surface area contributed by atoms with Crippen molar-refractivity contribution in [1.82, 2.24) is 0 Å². The second kappa shape index (κ2) is 4.72. The van der Waals surface area contributed by atoms with Gasteiger partial charge in [0.15, 0.2) is 0 Å². The van der Waals surface area contributed by atoms with Gasteiger partial charge < -0.3 is 4.90 Å². The van der Waals surface area contributed by atoms with E-state index in [0.717, 1.165) is 0 Å². The first-order valence-corrected chi connectivity index (χ1v) is 6.90. The lowest BCUT2D eigenvalue weighted by molar-refractivity contribution is 0.624. The Balaban J connectivity index is 2.49. The van der Waals surface area contributed by atoms with Crippen LogP contribution in [0.3, 0.4) is 0 Å². The normalized spacial score (nSPS) is 15.6. The standard InChI is InChI=1S/C16H25N/c1-11(2)15-10-16-14(9-13(15)5)7-6-8-17(16)12(3)4/h9-12H,6-8H2,1-5H3. The first-order valence-electron chi connectivity index (χ1n) is 6.90. The molecule has 0 saturated heterocycles. The monoisotopic (exact) mass is 231 g/mol. The zero-order valence-electron chi connectivity index (χ0n) is 11.9. The van der Waals surface area contributed by atoms with Crippen molar-refractivity contribution in [1.29, 1.82) is 0 Å². The van der Waals surface area contributed by atoms with Crippen LogP contribution in [-0.4, -0.2) is 12.6 Å². The molecule has 0 aliphatic carbocycles. The molecule has 94 valence electrons. The number of anilines is 1. The number of benzene rings is 1. The number of hydrogen-bond donors (Lipinski definition) is 0. The molecule has 0 saturated carbocycles. The van der Waals surface area contributed by atoms with E-state index < -0.39 is 0 Å². The quantitative estimate of drug-likeness (QED) is 0.734. The van der Waals surface area contributed by atoms with Crippen LogP contribution in [-0.2, 0) is 6.42 Å². The minimum Gasteiger partial charge on any atom is -0.369 e. The highest BCUT2D eigenvalue weighted by molar-refractivity contribution is 5.60. The average Bonchev–Trinajstić information content (AvgIpc) is 2.26. The molecule has 1 heteroatoms. The van der Waals surface area contributed by atoms with Crippen LogP contribution >= 0.6 is 0 Å². The van der Waals surface area contributed by atoms with Crippen molar-refractivity contribution in [2.75, 3.05) is 11.4 Å². The smallest absolute Gasteiger partial charge is 0.0404 e. The van der Waals surface area contributed by atoms with Gasteiger partial charge in [0.25, 0.3) is 0 Å². The lowest BCUT2D eigenvalue weighted by Gasteiger charge is -2.35. The fraction of sp³-hybridized carbons (Fsp3) is 0.625.